The molecule has 1 rings (SSSR count). The van der Waals surface area contributed by atoms with Crippen molar-refractivity contribution < 1.29 is 19.3 Å². The fourth-order valence-corrected chi connectivity index (χ4v) is 1.25. The van der Waals surface area contributed by atoms with E-state index in [0.717, 1.165) is 5.56 Å². The molecule has 0 fully saturated rings. The molecule has 4 nitrogen and oxygen atoms in total. The zero-order valence-corrected chi connectivity index (χ0v) is 10.4. The summed E-state index contributed by atoms with van der Waals surface area (Å²) in [6, 6.07) is 9.63. The second-order valence-corrected chi connectivity index (χ2v) is 3.91. The highest BCUT2D eigenvalue weighted by molar-refractivity contribution is 5.66. The van der Waals surface area contributed by atoms with Gasteiger partial charge in [-0.3, -0.25) is 4.79 Å². The Kier molecular flexibility index (Phi) is 5.12. The van der Waals surface area contributed by atoms with Gasteiger partial charge in [0.25, 0.3) is 0 Å². The average Bonchev–Trinajstić information content (AvgIpc) is 2.29. The van der Waals surface area contributed by atoms with E-state index in [4.69, 9.17) is 14.5 Å². The Morgan fingerprint density at radius 1 is 1.29 bits per heavy atom. The molecule has 0 aliphatic rings. The Morgan fingerprint density at radius 3 is 2.47 bits per heavy atom. The van der Waals surface area contributed by atoms with E-state index in [-0.39, 0.29) is 0 Å². The maximum absolute atomic E-state index is 10.9. The van der Waals surface area contributed by atoms with Gasteiger partial charge in [0.15, 0.2) is 0 Å². The topological polar surface area (TPSA) is 44.8 Å². The van der Waals surface area contributed by atoms with E-state index in [1.807, 2.05) is 37.3 Å². The second-order valence-electron chi connectivity index (χ2n) is 3.91. The summed E-state index contributed by atoms with van der Waals surface area (Å²) in [5.74, 6) is -1.42. The molecule has 1 atom stereocenters. The molecule has 0 bridgehead atoms. The van der Waals surface area contributed by atoms with E-state index in [9.17, 15) is 4.79 Å². The van der Waals surface area contributed by atoms with Gasteiger partial charge in [-0.15, -0.1) is 0 Å². The minimum atomic E-state index is -1.03. The van der Waals surface area contributed by atoms with Crippen LogP contribution in [0.1, 0.15) is 32.8 Å². The van der Waals surface area contributed by atoms with E-state index in [1.54, 1.807) is 6.92 Å². The first-order valence-electron chi connectivity index (χ1n) is 5.60. The predicted molar refractivity (Wildman–Crippen MR) is 62.8 cm³/mol. The van der Waals surface area contributed by atoms with E-state index < -0.39 is 11.8 Å². The Morgan fingerprint density at radius 2 is 1.94 bits per heavy atom. The van der Waals surface area contributed by atoms with Crippen molar-refractivity contribution >= 4 is 5.97 Å². The van der Waals surface area contributed by atoms with Gasteiger partial charge in [0, 0.05) is 20.3 Å². The highest BCUT2D eigenvalue weighted by Crippen LogP contribution is 2.18. The molecule has 4 heteroatoms. The molecule has 0 saturated carbocycles. The van der Waals surface area contributed by atoms with Crippen molar-refractivity contribution in [1.29, 1.82) is 0 Å². The second kappa shape index (κ2) is 6.37. The molecule has 0 spiro atoms. The highest BCUT2D eigenvalue weighted by Gasteiger charge is 2.27. The standard InChI is InChI=1S/C13H18O4/c1-4-13(3,16-11(2)14)17-15-10-12-8-6-5-7-9-12/h5-9H,4,10H2,1-3H3. The summed E-state index contributed by atoms with van der Waals surface area (Å²) in [5.41, 5.74) is 0.994. The molecule has 0 aliphatic heterocycles. The summed E-state index contributed by atoms with van der Waals surface area (Å²) in [5, 5.41) is 0. The Labute approximate surface area is 101 Å². The molecule has 1 unspecified atom stereocenters. The van der Waals surface area contributed by atoms with Gasteiger partial charge in [-0.25, -0.2) is 4.89 Å². The van der Waals surface area contributed by atoms with Gasteiger partial charge in [0.05, 0.1) is 0 Å². The van der Waals surface area contributed by atoms with Crippen LogP contribution in [0.3, 0.4) is 0 Å². The van der Waals surface area contributed by atoms with Gasteiger partial charge in [-0.05, 0) is 5.56 Å². The summed E-state index contributed by atoms with van der Waals surface area (Å²) < 4.78 is 5.04. The number of ether oxygens (including phenoxy) is 1. The molecular formula is C13H18O4. The van der Waals surface area contributed by atoms with E-state index >= 15 is 0 Å². The quantitative estimate of drug-likeness (QED) is 0.331. The summed E-state index contributed by atoms with van der Waals surface area (Å²) in [4.78, 5) is 21.1. The summed E-state index contributed by atoms with van der Waals surface area (Å²) in [6.07, 6.45) is 0.515. The van der Waals surface area contributed by atoms with Crippen molar-refractivity contribution in [2.24, 2.45) is 0 Å². The molecule has 17 heavy (non-hydrogen) atoms. The molecule has 1 aromatic carbocycles. The third-order valence-corrected chi connectivity index (χ3v) is 2.31. The molecule has 0 saturated heterocycles. The average molecular weight is 238 g/mol. The van der Waals surface area contributed by atoms with Crippen molar-refractivity contribution in [3.63, 3.8) is 0 Å². The van der Waals surface area contributed by atoms with Crippen LogP contribution < -0.4 is 0 Å². The smallest absolute Gasteiger partial charge is 0.305 e. The van der Waals surface area contributed by atoms with Crippen LogP contribution in [0, 0.1) is 0 Å². The van der Waals surface area contributed by atoms with Crippen LogP contribution in [-0.2, 0) is 25.9 Å². The first kappa shape index (κ1) is 13.7. The number of carbonyl (C=O) groups excluding carboxylic acids is 1. The van der Waals surface area contributed by atoms with Crippen molar-refractivity contribution in [3.05, 3.63) is 35.9 Å². The lowest BCUT2D eigenvalue weighted by Crippen LogP contribution is -2.33. The maximum Gasteiger partial charge on any atom is 0.305 e. The van der Waals surface area contributed by atoms with Crippen molar-refractivity contribution in [3.8, 4) is 0 Å². The van der Waals surface area contributed by atoms with Gasteiger partial charge in [0.2, 0.25) is 5.79 Å². The van der Waals surface area contributed by atoms with Gasteiger partial charge in [-0.2, -0.15) is 4.89 Å². The predicted octanol–water partition coefficient (Wildman–Crippen LogP) is 2.82. The van der Waals surface area contributed by atoms with Crippen LogP contribution in [0.2, 0.25) is 0 Å². The fourth-order valence-electron chi connectivity index (χ4n) is 1.25. The van der Waals surface area contributed by atoms with E-state index in [0.29, 0.717) is 13.0 Å². The lowest BCUT2D eigenvalue weighted by molar-refractivity contribution is -0.420. The molecule has 0 N–H and O–H groups in total. The van der Waals surface area contributed by atoms with Crippen LogP contribution in [-0.4, -0.2) is 11.8 Å². The molecule has 1 aromatic rings. The molecule has 0 radical (unpaired) electrons. The Balaban J connectivity index is 2.40. The Bertz CT molecular complexity index is 350. The number of esters is 1. The molecule has 0 amide bonds. The van der Waals surface area contributed by atoms with Gasteiger partial charge in [0.1, 0.15) is 6.61 Å². The van der Waals surface area contributed by atoms with Crippen LogP contribution in [0.25, 0.3) is 0 Å². The first-order chi connectivity index (χ1) is 8.06. The largest absolute Gasteiger partial charge is 0.431 e. The minimum Gasteiger partial charge on any atom is -0.431 e. The molecule has 94 valence electrons. The minimum absolute atomic E-state index is 0.317. The van der Waals surface area contributed by atoms with Crippen LogP contribution in [0.4, 0.5) is 0 Å². The summed E-state index contributed by atoms with van der Waals surface area (Å²) >= 11 is 0. The summed E-state index contributed by atoms with van der Waals surface area (Å²) in [6.45, 7) is 5.18. The fraction of sp³-hybridized carbons (Fsp3) is 0.462. The Hall–Kier alpha value is -1.39. The van der Waals surface area contributed by atoms with Crippen LogP contribution in [0.15, 0.2) is 30.3 Å². The normalized spacial score (nSPS) is 14.1. The van der Waals surface area contributed by atoms with E-state index in [1.165, 1.54) is 6.92 Å². The number of carbonyl (C=O) groups is 1. The zero-order chi connectivity index (χ0) is 12.7. The number of benzene rings is 1. The highest BCUT2D eigenvalue weighted by atomic mass is 17.2. The van der Waals surface area contributed by atoms with Crippen molar-refractivity contribution in [1.82, 2.24) is 0 Å². The lowest BCUT2D eigenvalue weighted by Gasteiger charge is -2.25. The molecule has 0 aliphatic carbocycles. The zero-order valence-electron chi connectivity index (χ0n) is 10.4. The van der Waals surface area contributed by atoms with Gasteiger partial charge >= 0.3 is 5.97 Å². The number of rotatable bonds is 6. The lowest BCUT2D eigenvalue weighted by atomic mass is 10.2. The maximum atomic E-state index is 10.9. The third kappa shape index (κ3) is 4.97. The van der Waals surface area contributed by atoms with Crippen molar-refractivity contribution in [2.75, 3.05) is 0 Å². The van der Waals surface area contributed by atoms with Gasteiger partial charge in [-0.1, -0.05) is 37.3 Å². The number of hydrogen-bond donors (Lipinski definition) is 0. The first-order valence-corrected chi connectivity index (χ1v) is 5.60. The van der Waals surface area contributed by atoms with Crippen LogP contribution in [0.5, 0.6) is 0 Å². The monoisotopic (exact) mass is 238 g/mol. The SMILES string of the molecule is CCC(C)(OOCc1ccccc1)OC(C)=O. The van der Waals surface area contributed by atoms with E-state index in [2.05, 4.69) is 0 Å². The molecule has 0 aromatic heterocycles. The van der Waals surface area contributed by atoms with Gasteiger partial charge < -0.3 is 4.74 Å². The third-order valence-electron chi connectivity index (χ3n) is 2.31. The molecular weight excluding hydrogens is 220 g/mol. The van der Waals surface area contributed by atoms with Crippen molar-refractivity contribution in [2.45, 2.75) is 39.6 Å². The molecule has 0 heterocycles. The number of hydrogen-bond acceptors (Lipinski definition) is 4. The van der Waals surface area contributed by atoms with Crippen LogP contribution >= 0.6 is 0 Å². The summed E-state index contributed by atoms with van der Waals surface area (Å²) in [7, 11) is 0.